The lowest BCUT2D eigenvalue weighted by atomic mass is 9.80. The van der Waals surface area contributed by atoms with Gasteiger partial charge >= 0.3 is 6.09 Å². The third-order valence-electron chi connectivity index (χ3n) is 3.88. The molecule has 1 aromatic rings. The first-order chi connectivity index (χ1) is 8.74. The number of nitrogens with one attached hydrogen (secondary N) is 1. The van der Waals surface area contributed by atoms with Crippen LogP contribution < -0.4 is 5.32 Å². The number of methoxy groups -OCH3 is 1. The Morgan fingerprint density at radius 1 is 1.28 bits per heavy atom. The van der Waals surface area contributed by atoms with Gasteiger partial charge in [-0.2, -0.15) is 0 Å². The van der Waals surface area contributed by atoms with E-state index in [1.54, 1.807) is 0 Å². The molecule has 0 heterocycles. The molecule has 3 heteroatoms. The molecule has 0 bridgehead atoms. The first-order valence-corrected chi connectivity index (χ1v) is 6.60. The summed E-state index contributed by atoms with van der Waals surface area (Å²) in [5.41, 5.74) is 1.57. The summed E-state index contributed by atoms with van der Waals surface area (Å²) < 4.78 is 4.66. The van der Waals surface area contributed by atoms with E-state index >= 15 is 0 Å². The summed E-state index contributed by atoms with van der Waals surface area (Å²) in [5.74, 6) is 0. The van der Waals surface area contributed by atoms with Gasteiger partial charge in [0.25, 0.3) is 0 Å². The second-order valence-electron chi connectivity index (χ2n) is 5.21. The van der Waals surface area contributed by atoms with Crippen molar-refractivity contribution in [2.45, 2.75) is 32.1 Å². The van der Waals surface area contributed by atoms with Gasteiger partial charge in [-0.15, -0.1) is 0 Å². The van der Waals surface area contributed by atoms with Crippen molar-refractivity contribution in [3.05, 3.63) is 35.9 Å². The van der Waals surface area contributed by atoms with Crippen molar-refractivity contribution in [3.63, 3.8) is 0 Å². The molecule has 1 fully saturated rings. The van der Waals surface area contributed by atoms with Gasteiger partial charge in [0.2, 0.25) is 0 Å². The lowest BCUT2D eigenvalue weighted by molar-refractivity contribution is 0.162. The summed E-state index contributed by atoms with van der Waals surface area (Å²) >= 11 is 0. The summed E-state index contributed by atoms with van der Waals surface area (Å²) in [6, 6.07) is 10.5. The Morgan fingerprint density at radius 2 is 1.94 bits per heavy atom. The van der Waals surface area contributed by atoms with E-state index in [1.807, 2.05) is 6.07 Å². The van der Waals surface area contributed by atoms with E-state index in [1.165, 1.54) is 38.4 Å². The van der Waals surface area contributed by atoms with Gasteiger partial charge in [0.05, 0.1) is 7.11 Å². The molecular weight excluding hydrogens is 226 g/mol. The molecule has 0 radical (unpaired) electrons. The molecule has 0 aliphatic heterocycles. The van der Waals surface area contributed by atoms with Crippen molar-refractivity contribution >= 4 is 6.09 Å². The SMILES string of the molecule is COC(=O)NCC1(Cc2ccccc2)CCCC1. The number of amides is 1. The van der Waals surface area contributed by atoms with Gasteiger partial charge in [0.1, 0.15) is 0 Å². The van der Waals surface area contributed by atoms with Crippen molar-refractivity contribution < 1.29 is 9.53 Å². The summed E-state index contributed by atoms with van der Waals surface area (Å²) in [5, 5.41) is 2.87. The van der Waals surface area contributed by atoms with Crippen LogP contribution in [0.25, 0.3) is 0 Å². The number of alkyl carbamates (subject to hydrolysis) is 1. The van der Waals surface area contributed by atoms with Crippen LogP contribution in [0.5, 0.6) is 0 Å². The monoisotopic (exact) mass is 247 g/mol. The molecule has 0 aromatic heterocycles. The molecule has 1 aliphatic rings. The molecule has 0 spiro atoms. The number of carbonyl (C=O) groups excluding carboxylic acids is 1. The average Bonchev–Trinajstić information content (AvgIpc) is 2.86. The van der Waals surface area contributed by atoms with Gasteiger partial charge in [-0.05, 0) is 30.2 Å². The minimum atomic E-state index is -0.325. The van der Waals surface area contributed by atoms with Crippen LogP contribution in [0.1, 0.15) is 31.2 Å². The first-order valence-electron chi connectivity index (χ1n) is 6.60. The van der Waals surface area contributed by atoms with E-state index in [2.05, 4.69) is 34.3 Å². The molecule has 98 valence electrons. The van der Waals surface area contributed by atoms with Crippen molar-refractivity contribution in [1.29, 1.82) is 0 Å². The maximum atomic E-state index is 11.2. The predicted octanol–water partition coefficient (Wildman–Crippen LogP) is 3.15. The van der Waals surface area contributed by atoms with Crippen LogP contribution in [0, 0.1) is 5.41 Å². The van der Waals surface area contributed by atoms with Crippen LogP contribution in [-0.2, 0) is 11.2 Å². The maximum Gasteiger partial charge on any atom is 0.406 e. The van der Waals surface area contributed by atoms with Crippen LogP contribution in [0.15, 0.2) is 30.3 Å². The van der Waals surface area contributed by atoms with E-state index in [0.717, 1.165) is 6.42 Å². The van der Waals surface area contributed by atoms with Gasteiger partial charge in [-0.25, -0.2) is 4.79 Å². The Balaban J connectivity index is 2.00. The highest BCUT2D eigenvalue weighted by atomic mass is 16.5. The van der Waals surface area contributed by atoms with Crippen LogP contribution in [0.2, 0.25) is 0 Å². The molecule has 0 saturated heterocycles. The summed E-state index contributed by atoms with van der Waals surface area (Å²) in [6.45, 7) is 0.717. The molecular formula is C15H21NO2. The molecule has 3 nitrogen and oxygen atoms in total. The van der Waals surface area contributed by atoms with Crippen molar-refractivity contribution in [2.24, 2.45) is 5.41 Å². The largest absolute Gasteiger partial charge is 0.453 e. The van der Waals surface area contributed by atoms with Crippen LogP contribution >= 0.6 is 0 Å². The van der Waals surface area contributed by atoms with Crippen LogP contribution in [0.3, 0.4) is 0 Å². The van der Waals surface area contributed by atoms with Gasteiger partial charge in [0, 0.05) is 6.54 Å². The molecule has 1 N–H and O–H groups in total. The maximum absolute atomic E-state index is 11.2. The average molecular weight is 247 g/mol. The molecule has 1 aromatic carbocycles. The highest BCUT2D eigenvalue weighted by Crippen LogP contribution is 2.40. The molecule has 18 heavy (non-hydrogen) atoms. The number of carbonyl (C=O) groups is 1. The number of hydrogen-bond donors (Lipinski definition) is 1. The van der Waals surface area contributed by atoms with Crippen molar-refractivity contribution in [2.75, 3.05) is 13.7 Å². The third kappa shape index (κ3) is 3.25. The van der Waals surface area contributed by atoms with E-state index < -0.39 is 0 Å². The summed E-state index contributed by atoms with van der Waals surface area (Å²) in [7, 11) is 1.41. The fourth-order valence-corrected chi connectivity index (χ4v) is 2.90. The normalized spacial score (nSPS) is 17.4. The summed E-state index contributed by atoms with van der Waals surface area (Å²) in [6.07, 6.45) is 5.61. The Morgan fingerprint density at radius 3 is 2.56 bits per heavy atom. The van der Waals surface area contributed by atoms with E-state index in [0.29, 0.717) is 6.54 Å². The zero-order valence-electron chi connectivity index (χ0n) is 10.9. The topological polar surface area (TPSA) is 38.3 Å². The Bertz CT molecular complexity index is 383. The lowest BCUT2D eigenvalue weighted by Gasteiger charge is -2.29. The molecule has 1 aliphatic carbocycles. The Labute approximate surface area is 109 Å². The molecule has 1 saturated carbocycles. The van der Waals surface area contributed by atoms with Crippen LogP contribution in [0.4, 0.5) is 4.79 Å². The van der Waals surface area contributed by atoms with Gasteiger partial charge in [0.15, 0.2) is 0 Å². The zero-order valence-corrected chi connectivity index (χ0v) is 10.9. The standard InChI is InChI=1S/C15H21NO2/c1-18-14(17)16-12-15(9-5-6-10-15)11-13-7-3-2-4-8-13/h2-4,7-8H,5-6,9-12H2,1H3,(H,16,17). The highest BCUT2D eigenvalue weighted by molar-refractivity contribution is 5.66. The van der Waals surface area contributed by atoms with Crippen molar-refractivity contribution in [1.82, 2.24) is 5.32 Å². The molecule has 0 atom stereocenters. The van der Waals surface area contributed by atoms with E-state index in [-0.39, 0.29) is 11.5 Å². The Hall–Kier alpha value is -1.51. The van der Waals surface area contributed by atoms with Crippen molar-refractivity contribution in [3.8, 4) is 0 Å². The number of ether oxygens (including phenoxy) is 1. The summed E-state index contributed by atoms with van der Waals surface area (Å²) in [4.78, 5) is 11.2. The number of benzene rings is 1. The lowest BCUT2D eigenvalue weighted by Crippen LogP contribution is -2.37. The number of hydrogen-bond acceptors (Lipinski definition) is 2. The Kier molecular flexibility index (Phi) is 4.24. The van der Waals surface area contributed by atoms with E-state index in [4.69, 9.17) is 0 Å². The molecule has 0 unspecified atom stereocenters. The zero-order chi connectivity index (χ0) is 12.8. The van der Waals surface area contributed by atoms with Gasteiger partial charge < -0.3 is 10.1 Å². The second kappa shape index (κ2) is 5.89. The first kappa shape index (κ1) is 12.9. The fourth-order valence-electron chi connectivity index (χ4n) is 2.90. The fraction of sp³-hybridized carbons (Fsp3) is 0.533. The van der Waals surface area contributed by atoms with Gasteiger partial charge in [-0.3, -0.25) is 0 Å². The third-order valence-corrected chi connectivity index (χ3v) is 3.88. The van der Waals surface area contributed by atoms with Crippen LogP contribution in [-0.4, -0.2) is 19.7 Å². The number of rotatable bonds is 4. The highest BCUT2D eigenvalue weighted by Gasteiger charge is 2.34. The molecule has 2 rings (SSSR count). The quantitative estimate of drug-likeness (QED) is 0.887. The predicted molar refractivity (Wildman–Crippen MR) is 71.5 cm³/mol. The molecule has 1 amide bonds. The van der Waals surface area contributed by atoms with Gasteiger partial charge in [-0.1, -0.05) is 43.2 Å². The minimum absolute atomic E-state index is 0.218. The minimum Gasteiger partial charge on any atom is -0.453 e. The van der Waals surface area contributed by atoms with E-state index in [9.17, 15) is 4.79 Å². The second-order valence-corrected chi connectivity index (χ2v) is 5.21. The smallest absolute Gasteiger partial charge is 0.406 e.